The number of rotatable bonds is 5. The van der Waals surface area contributed by atoms with Gasteiger partial charge in [0.15, 0.2) is 11.0 Å². The van der Waals surface area contributed by atoms with Crippen molar-refractivity contribution in [2.24, 2.45) is 0 Å². The lowest BCUT2D eigenvalue weighted by molar-refractivity contribution is 0.0526. The minimum atomic E-state index is -0.487. The molecule has 0 spiro atoms. The molecular formula is C12H14N4O3S. The second kappa shape index (κ2) is 6.38. The van der Waals surface area contributed by atoms with E-state index >= 15 is 0 Å². The first kappa shape index (κ1) is 14.3. The van der Waals surface area contributed by atoms with Crippen molar-refractivity contribution in [2.45, 2.75) is 19.0 Å². The topological polar surface area (TPSA) is 90.1 Å². The Morgan fingerprint density at radius 3 is 2.95 bits per heavy atom. The Balaban J connectivity index is 2.34. The van der Waals surface area contributed by atoms with Crippen molar-refractivity contribution in [3.63, 3.8) is 0 Å². The average molecular weight is 294 g/mol. The zero-order valence-corrected chi connectivity index (χ0v) is 12.2. The number of anilines is 2. The summed E-state index contributed by atoms with van der Waals surface area (Å²) in [7, 11) is 0. The van der Waals surface area contributed by atoms with E-state index < -0.39 is 5.97 Å². The van der Waals surface area contributed by atoms with Crippen molar-refractivity contribution in [1.29, 1.82) is 0 Å². The van der Waals surface area contributed by atoms with Crippen LogP contribution in [0.3, 0.4) is 0 Å². The molecule has 7 nitrogen and oxygen atoms in total. The number of aromatic nitrogens is 3. The summed E-state index contributed by atoms with van der Waals surface area (Å²) in [6.45, 7) is 3.82. The molecule has 106 valence electrons. The zero-order chi connectivity index (χ0) is 14.5. The lowest BCUT2D eigenvalue weighted by Gasteiger charge is -2.08. The van der Waals surface area contributed by atoms with Crippen LogP contribution in [0.5, 0.6) is 0 Å². The Labute approximate surface area is 120 Å². The lowest BCUT2D eigenvalue weighted by atomic mass is 10.3. The van der Waals surface area contributed by atoms with Gasteiger partial charge >= 0.3 is 5.97 Å². The molecule has 0 radical (unpaired) electrons. The molecular weight excluding hydrogens is 280 g/mol. The van der Waals surface area contributed by atoms with Crippen LogP contribution in [0.2, 0.25) is 0 Å². The molecule has 2 aromatic heterocycles. The maximum Gasteiger partial charge on any atom is 0.343 e. The first-order chi connectivity index (χ1) is 9.63. The molecule has 0 aliphatic heterocycles. The van der Waals surface area contributed by atoms with Gasteiger partial charge in [-0.1, -0.05) is 16.9 Å². The number of aryl methyl sites for hydroxylation is 1. The third-order valence-corrected chi connectivity index (χ3v) is 2.88. The molecule has 0 bridgehead atoms. The average Bonchev–Trinajstić information content (AvgIpc) is 2.84. The van der Waals surface area contributed by atoms with Crippen LogP contribution in [-0.4, -0.2) is 34.0 Å². The molecule has 2 heterocycles. The fourth-order valence-electron chi connectivity index (χ4n) is 1.46. The van der Waals surface area contributed by atoms with Gasteiger partial charge in [-0.3, -0.25) is 0 Å². The molecule has 8 heteroatoms. The Bertz CT molecular complexity index is 614. The normalized spacial score (nSPS) is 10.3. The predicted molar refractivity (Wildman–Crippen MR) is 74.3 cm³/mol. The van der Waals surface area contributed by atoms with E-state index in [0.717, 1.165) is 5.69 Å². The van der Waals surface area contributed by atoms with Gasteiger partial charge in [0, 0.05) is 12.3 Å². The SMILES string of the molecule is CCOC(=O)c1cnc(SC)nc1Nc1cc(C)no1. The maximum atomic E-state index is 11.9. The van der Waals surface area contributed by atoms with Gasteiger partial charge in [-0.15, -0.1) is 0 Å². The van der Waals surface area contributed by atoms with E-state index in [9.17, 15) is 4.79 Å². The van der Waals surface area contributed by atoms with Crippen molar-refractivity contribution < 1.29 is 14.1 Å². The standard InChI is InChI=1S/C12H14N4O3S/c1-4-18-11(17)8-6-13-12(20-3)15-10(8)14-9-5-7(2)16-19-9/h5-6H,4H2,1-3H3,(H,13,14,15). The summed E-state index contributed by atoms with van der Waals surface area (Å²) in [5.41, 5.74) is 0.975. The summed E-state index contributed by atoms with van der Waals surface area (Å²) in [5.74, 6) is 0.247. The van der Waals surface area contributed by atoms with Gasteiger partial charge in [-0.05, 0) is 20.1 Å². The van der Waals surface area contributed by atoms with E-state index in [1.165, 1.54) is 18.0 Å². The fourth-order valence-corrected chi connectivity index (χ4v) is 1.80. The van der Waals surface area contributed by atoms with Crippen LogP contribution in [-0.2, 0) is 4.74 Å². The highest BCUT2D eigenvalue weighted by Crippen LogP contribution is 2.22. The van der Waals surface area contributed by atoms with Crippen molar-refractivity contribution >= 4 is 29.4 Å². The van der Waals surface area contributed by atoms with Crippen LogP contribution in [0.25, 0.3) is 0 Å². The molecule has 2 rings (SSSR count). The molecule has 1 N–H and O–H groups in total. The largest absolute Gasteiger partial charge is 0.462 e. The first-order valence-electron chi connectivity index (χ1n) is 5.92. The molecule has 2 aromatic rings. The second-order valence-corrected chi connectivity index (χ2v) is 4.57. The number of esters is 1. The fraction of sp³-hybridized carbons (Fsp3) is 0.333. The summed E-state index contributed by atoms with van der Waals surface area (Å²) in [6, 6.07) is 1.70. The van der Waals surface area contributed by atoms with Gasteiger partial charge in [-0.25, -0.2) is 14.8 Å². The molecule has 0 saturated carbocycles. The quantitative estimate of drug-likeness (QED) is 0.511. The lowest BCUT2D eigenvalue weighted by Crippen LogP contribution is -2.10. The smallest absolute Gasteiger partial charge is 0.343 e. The van der Waals surface area contributed by atoms with Gasteiger partial charge in [-0.2, -0.15) is 0 Å². The molecule has 0 aromatic carbocycles. The number of hydrogen-bond donors (Lipinski definition) is 1. The molecule has 0 atom stereocenters. The monoisotopic (exact) mass is 294 g/mol. The third kappa shape index (κ3) is 3.27. The van der Waals surface area contributed by atoms with Crippen LogP contribution in [0.4, 0.5) is 11.7 Å². The number of ether oxygens (including phenoxy) is 1. The van der Waals surface area contributed by atoms with Crippen molar-refractivity contribution in [3.05, 3.63) is 23.5 Å². The maximum absolute atomic E-state index is 11.9. The molecule has 0 aliphatic rings. The summed E-state index contributed by atoms with van der Waals surface area (Å²) in [4.78, 5) is 20.2. The summed E-state index contributed by atoms with van der Waals surface area (Å²) in [5, 5.41) is 7.22. The van der Waals surface area contributed by atoms with Crippen LogP contribution in [0, 0.1) is 6.92 Å². The van der Waals surface area contributed by atoms with Crippen LogP contribution in [0.1, 0.15) is 23.0 Å². The predicted octanol–water partition coefficient (Wildman–Crippen LogP) is 2.42. The molecule has 0 aliphatic carbocycles. The molecule has 0 unspecified atom stereocenters. The molecule has 20 heavy (non-hydrogen) atoms. The number of carbonyl (C=O) groups is 1. The highest BCUT2D eigenvalue weighted by molar-refractivity contribution is 7.98. The Hall–Kier alpha value is -2.09. The third-order valence-electron chi connectivity index (χ3n) is 2.31. The summed E-state index contributed by atoms with van der Waals surface area (Å²) < 4.78 is 10.0. The van der Waals surface area contributed by atoms with Gasteiger partial charge < -0.3 is 14.6 Å². The van der Waals surface area contributed by atoms with E-state index in [1.54, 1.807) is 19.9 Å². The summed E-state index contributed by atoms with van der Waals surface area (Å²) in [6.07, 6.45) is 3.28. The van der Waals surface area contributed by atoms with Crippen molar-refractivity contribution in [1.82, 2.24) is 15.1 Å². The minimum absolute atomic E-state index is 0.249. The number of thioether (sulfide) groups is 1. The number of carbonyl (C=O) groups excluding carboxylic acids is 1. The molecule has 0 saturated heterocycles. The Morgan fingerprint density at radius 2 is 2.35 bits per heavy atom. The van der Waals surface area contributed by atoms with E-state index in [0.29, 0.717) is 16.9 Å². The summed E-state index contributed by atoms with van der Waals surface area (Å²) >= 11 is 1.37. The number of nitrogens with one attached hydrogen (secondary N) is 1. The second-order valence-electron chi connectivity index (χ2n) is 3.80. The number of hydrogen-bond acceptors (Lipinski definition) is 8. The number of nitrogens with zero attached hydrogens (tertiary/aromatic N) is 3. The van der Waals surface area contributed by atoms with E-state index in [2.05, 4.69) is 20.4 Å². The van der Waals surface area contributed by atoms with Crippen LogP contribution < -0.4 is 5.32 Å². The molecule has 0 fully saturated rings. The zero-order valence-electron chi connectivity index (χ0n) is 11.3. The van der Waals surface area contributed by atoms with Crippen LogP contribution >= 0.6 is 11.8 Å². The van der Waals surface area contributed by atoms with E-state index in [-0.39, 0.29) is 12.2 Å². The van der Waals surface area contributed by atoms with Gasteiger partial charge in [0.05, 0.1) is 12.3 Å². The van der Waals surface area contributed by atoms with Gasteiger partial charge in [0.2, 0.25) is 5.88 Å². The highest BCUT2D eigenvalue weighted by atomic mass is 32.2. The van der Waals surface area contributed by atoms with Gasteiger partial charge in [0.25, 0.3) is 0 Å². The van der Waals surface area contributed by atoms with E-state index in [1.807, 2.05) is 6.26 Å². The Kier molecular flexibility index (Phi) is 4.57. The van der Waals surface area contributed by atoms with Gasteiger partial charge in [0.1, 0.15) is 5.56 Å². The van der Waals surface area contributed by atoms with E-state index in [4.69, 9.17) is 9.26 Å². The highest BCUT2D eigenvalue weighted by Gasteiger charge is 2.17. The van der Waals surface area contributed by atoms with Crippen molar-refractivity contribution in [3.8, 4) is 0 Å². The first-order valence-corrected chi connectivity index (χ1v) is 7.15. The Morgan fingerprint density at radius 1 is 1.55 bits per heavy atom. The van der Waals surface area contributed by atoms with Crippen LogP contribution in [0.15, 0.2) is 21.9 Å². The molecule has 0 amide bonds. The van der Waals surface area contributed by atoms with Crippen molar-refractivity contribution in [2.75, 3.05) is 18.2 Å². The minimum Gasteiger partial charge on any atom is -0.462 e.